The summed E-state index contributed by atoms with van der Waals surface area (Å²) in [6.07, 6.45) is 2.67. The van der Waals surface area contributed by atoms with Gasteiger partial charge >= 0.3 is 0 Å². The first-order valence-corrected chi connectivity index (χ1v) is 9.82. The van der Waals surface area contributed by atoms with Crippen LogP contribution in [0.15, 0.2) is 0 Å². The van der Waals surface area contributed by atoms with Crippen molar-refractivity contribution in [1.29, 1.82) is 0 Å². The van der Waals surface area contributed by atoms with E-state index in [-0.39, 0.29) is 0 Å². The van der Waals surface area contributed by atoms with Crippen LogP contribution in [0.2, 0.25) is 19.1 Å². The van der Waals surface area contributed by atoms with Crippen molar-refractivity contribution in [2.75, 3.05) is 39.3 Å². The number of nitrogens with one attached hydrogen (secondary N) is 1. The molecule has 0 bridgehead atoms. The minimum absolute atomic E-state index is 0.886. The zero-order valence-corrected chi connectivity index (χ0v) is 12.2. The molecule has 1 fully saturated rings. The first-order chi connectivity index (χ1) is 7.64. The van der Waals surface area contributed by atoms with E-state index in [4.69, 9.17) is 4.43 Å². The van der Waals surface area contributed by atoms with Crippen molar-refractivity contribution in [2.45, 2.75) is 38.9 Å². The SMILES string of the molecule is CCO[Si](C)(C)CCCCN1CCNCC1. The molecule has 4 heteroatoms. The molecule has 0 atom stereocenters. The summed E-state index contributed by atoms with van der Waals surface area (Å²) in [5, 5.41) is 3.39. The van der Waals surface area contributed by atoms with E-state index in [2.05, 4.69) is 30.2 Å². The largest absolute Gasteiger partial charge is 0.418 e. The highest BCUT2D eigenvalue weighted by Gasteiger charge is 2.20. The Morgan fingerprint density at radius 3 is 2.50 bits per heavy atom. The molecule has 1 aliphatic heterocycles. The molecule has 0 aromatic rings. The lowest BCUT2D eigenvalue weighted by Crippen LogP contribution is -2.43. The number of rotatable bonds is 7. The molecule has 1 saturated heterocycles. The third-order valence-electron chi connectivity index (χ3n) is 3.25. The molecule has 0 aliphatic carbocycles. The van der Waals surface area contributed by atoms with Gasteiger partial charge in [0.1, 0.15) is 0 Å². The fraction of sp³-hybridized carbons (Fsp3) is 1.00. The van der Waals surface area contributed by atoms with E-state index in [1.165, 1.54) is 51.6 Å². The molecule has 96 valence electrons. The number of hydrogen-bond donors (Lipinski definition) is 1. The van der Waals surface area contributed by atoms with E-state index >= 15 is 0 Å². The summed E-state index contributed by atoms with van der Waals surface area (Å²) in [4.78, 5) is 2.58. The average Bonchev–Trinajstić information content (AvgIpc) is 2.26. The fourth-order valence-corrected chi connectivity index (χ4v) is 4.31. The Hall–Kier alpha value is 0.0969. The Balaban J connectivity index is 2.02. The standard InChI is InChI=1S/C12H28N2OSi/c1-4-15-16(2,3)12-6-5-9-14-10-7-13-8-11-14/h13H,4-12H2,1-3H3. The predicted molar refractivity (Wildman–Crippen MR) is 72.5 cm³/mol. The lowest BCUT2D eigenvalue weighted by molar-refractivity contribution is 0.237. The van der Waals surface area contributed by atoms with Gasteiger partial charge in [0.2, 0.25) is 0 Å². The van der Waals surface area contributed by atoms with Crippen LogP contribution in [0.3, 0.4) is 0 Å². The molecule has 0 spiro atoms. The quantitative estimate of drug-likeness (QED) is 0.547. The van der Waals surface area contributed by atoms with Gasteiger partial charge < -0.3 is 14.6 Å². The third kappa shape index (κ3) is 5.99. The maximum Gasteiger partial charge on any atom is 0.186 e. The third-order valence-corrected chi connectivity index (χ3v) is 5.88. The molecule has 0 aromatic carbocycles. The predicted octanol–water partition coefficient (Wildman–Crippen LogP) is 1.91. The fourth-order valence-electron chi connectivity index (χ4n) is 2.28. The molecule has 0 aromatic heterocycles. The van der Waals surface area contributed by atoms with E-state index in [0.29, 0.717) is 0 Å². The van der Waals surface area contributed by atoms with Gasteiger partial charge in [0.25, 0.3) is 0 Å². The Labute approximate surface area is 102 Å². The minimum Gasteiger partial charge on any atom is -0.418 e. The molecule has 3 nitrogen and oxygen atoms in total. The van der Waals surface area contributed by atoms with Crippen molar-refractivity contribution in [1.82, 2.24) is 10.2 Å². The molecule has 0 radical (unpaired) electrons. The van der Waals surface area contributed by atoms with Crippen LogP contribution in [0, 0.1) is 0 Å². The first kappa shape index (κ1) is 14.2. The van der Waals surface area contributed by atoms with Crippen molar-refractivity contribution in [3.63, 3.8) is 0 Å². The van der Waals surface area contributed by atoms with E-state index in [1.807, 2.05) is 0 Å². The molecule has 0 saturated carbocycles. The van der Waals surface area contributed by atoms with Crippen LogP contribution in [0.5, 0.6) is 0 Å². The molecule has 16 heavy (non-hydrogen) atoms. The Morgan fingerprint density at radius 2 is 1.88 bits per heavy atom. The van der Waals surface area contributed by atoms with E-state index in [1.54, 1.807) is 0 Å². The van der Waals surface area contributed by atoms with Gasteiger partial charge in [-0.15, -0.1) is 0 Å². The first-order valence-electron chi connectivity index (χ1n) is 6.71. The monoisotopic (exact) mass is 244 g/mol. The molecule has 0 unspecified atom stereocenters. The van der Waals surface area contributed by atoms with Crippen LogP contribution in [-0.4, -0.2) is 52.5 Å². The van der Waals surface area contributed by atoms with Gasteiger partial charge in [-0.1, -0.05) is 6.42 Å². The van der Waals surface area contributed by atoms with Gasteiger partial charge in [-0.3, -0.25) is 0 Å². The van der Waals surface area contributed by atoms with E-state index in [0.717, 1.165) is 6.61 Å². The number of hydrogen-bond acceptors (Lipinski definition) is 3. The second-order valence-electron chi connectivity index (χ2n) is 5.24. The highest BCUT2D eigenvalue weighted by Crippen LogP contribution is 2.15. The summed E-state index contributed by atoms with van der Waals surface area (Å²) >= 11 is 0. The highest BCUT2D eigenvalue weighted by atomic mass is 28.4. The van der Waals surface area contributed by atoms with Crippen LogP contribution in [0.25, 0.3) is 0 Å². The van der Waals surface area contributed by atoms with E-state index in [9.17, 15) is 0 Å². The summed E-state index contributed by atoms with van der Waals surface area (Å²) in [7, 11) is -1.32. The summed E-state index contributed by atoms with van der Waals surface area (Å²) < 4.78 is 5.84. The van der Waals surface area contributed by atoms with E-state index < -0.39 is 8.32 Å². The van der Waals surface area contributed by atoms with Gasteiger partial charge in [0.05, 0.1) is 0 Å². The van der Waals surface area contributed by atoms with Crippen LogP contribution in [0.1, 0.15) is 19.8 Å². The summed E-state index contributed by atoms with van der Waals surface area (Å²) in [5.74, 6) is 0. The molecular weight excluding hydrogens is 216 g/mol. The molecule has 1 rings (SSSR count). The maximum atomic E-state index is 5.84. The Kier molecular flexibility index (Phi) is 6.57. The molecule has 0 amide bonds. The molecular formula is C12H28N2OSi. The van der Waals surface area contributed by atoms with Crippen LogP contribution >= 0.6 is 0 Å². The van der Waals surface area contributed by atoms with Crippen LogP contribution < -0.4 is 5.32 Å². The second kappa shape index (κ2) is 7.43. The van der Waals surface area contributed by atoms with Gasteiger partial charge in [0, 0.05) is 32.8 Å². The van der Waals surface area contributed by atoms with Crippen molar-refractivity contribution >= 4 is 8.32 Å². The van der Waals surface area contributed by atoms with Gasteiger partial charge in [-0.25, -0.2) is 0 Å². The van der Waals surface area contributed by atoms with Gasteiger partial charge in [-0.05, 0) is 39.0 Å². The molecule has 1 heterocycles. The second-order valence-corrected chi connectivity index (χ2v) is 9.55. The summed E-state index contributed by atoms with van der Waals surface area (Å²) in [6, 6.07) is 1.31. The number of nitrogens with zero attached hydrogens (tertiary/aromatic N) is 1. The van der Waals surface area contributed by atoms with Gasteiger partial charge in [0.15, 0.2) is 8.32 Å². The lowest BCUT2D eigenvalue weighted by atomic mass is 10.3. The van der Waals surface area contributed by atoms with Crippen molar-refractivity contribution in [3.8, 4) is 0 Å². The minimum atomic E-state index is -1.32. The Bertz CT molecular complexity index is 182. The number of piperazine rings is 1. The summed E-state index contributed by atoms with van der Waals surface area (Å²) in [5.41, 5.74) is 0. The normalized spacial score (nSPS) is 18.9. The van der Waals surface area contributed by atoms with Crippen molar-refractivity contribution in [3.05, 3.63) is 0 Å². The maximum absolute atomic E-state index is 5.84. The highest BCUT2D eigenvalue weighted by molar-refractivity contribution is 6.71. The van der Waals surface area contributed by atoms with Crippen molar-refractivity contribution in [2.24, 2.45) is 0 Å². The number of unbranched alkanes of at least 4 members (excludes halogenated alkanes) is 1. The zero-order chi connectivity index (χ0) is 11.9. The Morgan fingerprint density at radius 1 is 1.19 bits per heavy atom. The lowest BCUT2D eigenvalue weighted by Gasteiger charge is -2.27. The smallest absolute Gasteiger partial charge is 0.186 e. The van der Waals surface area contributed by atoms with Crippen LogP contribution in [0.4, 0.5) is 0 Å². The summed E-state index contributed by atoms with van der Waals surface area (Å²) in [6.45, 7) is 13.7. The molecule has 1 aliphatic rings. The average molecular weight is 244 g/mol. The van der Waals surface area contributed by atoms with Gasteiger partial charge in [-0.2, -0.15) is 0 Å². The zero-order valence-electron chi connectivity index (χ0n) is 11.2. The molecule has 1 N–H and O–H groups in total. The van der Waals surface area contributed by atoms with Crippen LogP contribution in [-0.2, 0) is 4.43 Å². The van der Waals surface area contributed by atoms with Crippen molar-refractivity contribution < 1.29 is 4.43 Å². The topological polar surface area (TPSA) is 24.5 Å².